The highest BCUT2D eigenvalue weighted by Crippen LogP contribution is 2.32. The van der Waals surface area contributed by atoms with Gasteiger partial charge in [-0.1, -0.05) is 6.07 Å². The van der Waals surface area contributed by atoms with Crippen LogP contribution in [0, 0.1) is 13.8 Å². The zero-order valence-corrected chi connectivity index (χ0v) is 16.6. The lowest BCUT2D eigenvalue weighted by Gasteiger charge is -2.19. The Morgan fingerprint density at radius 2 is 1.88 bits per heavy atom. The molecule has 0 fully saturated rings. The first-order chi connectivity index (χ1) is 11.9. The number of hydrogen-bond acceptors (Lipinski definition) is 5. The van der Waals surface area contributed by atoms with Crippen LogP contribution in [0.2, 0.25) is 0 Å². The summed E-state index contributed by atoms with van der Waals surface area (Å²) in [6.45, 7) is 3.82. The van der Waals surface area contributed by atoms with Crippen molar-refractivity contribution in [2.75, 3.05) is 7.11 Å². The van der Waals surface area contributed by atoms with Gasteiger partial charge in [-0.2, -0.15) is 16.1 Å². The number of hydrogen-bond donors (Lipinski definition) is 1. The van der Waals surface area contributed by atoms with Gasteiger partial charge < -0.3 is 4.74 Å². The van der Waals surface area contributed by atoms with Crippen LogP contribution in [0.3, 0.4) is 0 Å². The molecule has 3 aromatic rings. The molecule has 0 amide bonds. The topological polar surface area (TPSA) is 55.4 Å². The lowest BCUT2D eigenvalue weighted by Crippen LogP contribution is -2.29. The Hall–Kier alpha value is -1.67. The number of ether oxygens (including phenoxy) is 1. The van der Waals surface area contributed by atoms with Gasteiger partial charge in [-0.15, -0.1) is 11.3 Å². The SMILES string of the molecule is COc1cc(C)c(C)cc1S(=O)(=O)N[C@@H](c1ccsc1)c1cccs1. The van der Waals surface area contributed by atoms with Crippen LogP contribution in [-0.4, -0.2) is 15.5 Å². The van der Waals surface area contributed by atoms with Crippen molar-refractivity contribution >= 4 is 32.7 Å². The number of nitrogens with one attached hydrogen (secondary N) is 1. The van der Waals surface area contributed by atoms with Gasteiger partial charge in [0.15, 0.2) is 0 Å². The molecule has 0 aliphatic carbocycles. The Morgan fingerprint density at radius 3 is 2.48 bits per heavy atom. The van der Waals surface area contributed by atoms with E-state index in [-0.39, 0.29) is 4.90 Å². The summed E-state index contributed by atoms with van der Waals surface area (Å²) in [6, 6.07) is 8.80. The molecule has 1 N–H and O–H groups in total. The predicted molar refractivity (Wildman–Crippen MR) is 103 cm³/mol. The smallest absolute Gasteiger partial charge is 0.245 e. The fourth-order valence-electron chi connectivity index (χ4n) is 2.54. The van der Waals surface area contributed by atoms with Crippen molar-refractivity contribution < 1.29 is 13.2 Å². The number of rotatable bonds is 6. The van der Waals surface area contributed by atoms with Gasteiger partial charge in [0.1, 0.15) is 10.6 Å². The van der Waals surface area contributed by atoms with Crippen LogP contribution in [0.25, 0.3) is 0 Å². The molecule has 132 valence electrons. The van der Waals surface area contributed by atoms with Gasteiger partial charge in [-0.25, -0.2) is 8.42 Å². The maximum atomic E-state index is 13.1. The van der Waals surface area contributed by atoms with E-state index in [1.807, 2.05) is 48.2 Å². The molecule has 1 atom stereocenters. The standard InChI is InChI=1S/C18H19NO3S3/c1-12-9-15(22-3)17(10-13(12)2)25(20,21)19-18(14-6-8-23-11-14)16-5-4-7-24-16/h4-11,18-19H,1-3H3/t18-/m0/s1. The van der Waals surface area contributed by atoms with Crippen LogP contribution in [0.4, 0.5) is 0 Å². The van der Waals surface area contributed by atoms with E-state index in [0.29, 0.717) is 5.75 Å². The van der Waals surface area contributed by atoms with E-state index in [0.717, 1.165) is 21.6 Å². The van der Waals surface area contributed by atoms with E-state index in [1.165, 1.54) is 18.4 Å². The highest BCUT2D eigenvalue weighted by Gasteiger charge is 2.27. The van der Waals surface area contributed by atoms with Crippen LogP contribution >= 0.6 is 22.7 Å². The lowest BCUT2D eigenvalue weighted by atomic mass is 10.1. The Bertz CT molecular complexity index is 912. The van der Waals surface area contributed by atoms with Gasteiger partial charge in [0.2, 0.25) is 10.0 Å². The Balaban J connectivity index is 2.04. The Morgan fingerprint density at radius 1 is 1.12 bits per heavy atom. The minimum absolute atomic E-state index is 0.162. The van der Waals surface area contributed by atoms with Crippen molar-refractivity contribution in [3.8, 4) is 5.75 Å². The second kappa shape index (κ2) is 7.29. The first kappa shape index (κ1) is 18.1. The van der Waals surface area contributed by atoms with Crippen molar-refractivity contribution in [3.63, 3.8) is 0 Å². The molecule has 25 heavy (non-hydrogen) atoms. The summed E-state index contributed by atoms with van der Waals surface area (Å²) in [5.41, 5.74) is 2.83. The van der Waals surface area contributed by atoms with Crippen LogP contribution in [0.15, 0.2) is 51.4 Å². The second-order valence-electron chi connectivity index (χ2n) is 5.71. The zero-order valence-electron chi connectivity index (χ0n) is 14.1. The molecule has 0 saturated carbocycles. The third-order valence-corrected chi connectivity index (χ3v) is 7.13. The van der Waals surface area contributed by atoms with Gasteiger partial charge in [0.25, 0.3) is 0 Å². The maximum absolute atomic E-state index is 13.1. The zero-order chi connectivity index (χ0) is 18.0. The van der Waals surface area contributed by atoms with Crippen LogP contribution in [-0.2, 0) is 10.0 Å². The summed E-state index contributed by atoms with van der Waals surface area (Å²) in [7, 11) is -2.27. The van der Waals surface area contributed by atoms with Crippen molar-refractivity contribution in [2.24, 2.45) is 0 Å². The summed E-state index contributed by atoms with van der Waals surface area (Å²) >= 11 is 3.07. The van der Waals surface area contributed by atoms with Gasteiger partial charge in [-0.05, 0) is 70.9 Å². The molecular formula is C18H19NO3S3. The van der Waals surface area contributed by atoms with Crippen LogP contribution < -0.4 is 9.46 Å². The Kier molecular flexibility index (Phi) is 5.29. The average molecular weight is 394 g/mol. The molecule has 2 heterocycles. The fraction of sp³-hybridized carbons (Fsp3) is 0.222. The molecule has 2 aromatic heterocycles. The number of sulfonamides is 1. The van der Waals surface area contributed by atoms with Crippen molar-refractivity contribution in [2.45, 2.75) is 24.8 Å². The molecule has 0 spiro atoms. The third kappa shape index (κ3) is 3.79. The summed E-state index contributed by atoms with van der Waals surface area (Å²) in [5, 5.41) is 5.85. The fourth-order valence-corrected chi connectivity index (χ4v) is 5.54. The minimum Gasteiger partial charge on any atom is -0.495 e. The number of methoxy groups -OCH3 is 1. The van der Waals surface area contributed by atoms with Gasteiger partial charge >= 0.3 is 0 Å². The summed E-state index contributed by atoms with van der Waals surface area (Å²) in [6.07, 6.45) is 0. The molecule has 7 heteroatoms. The van der Waals surface area contributed by atoms with Gasteiger partial charge in [-0.3, -0.25) is 0 Å². The monoisotopic (exact) mass is 393 g/mol. The maximum Gasteiger partial charge on any atom is 0.245 e. The van der Waals surface area contributed by atoms with Crippen LogP contribution in [0.5, 0.6) is 5.75 Å². The number of benzene rings is 1. The molecule has 0 aliphatic rings. The predicted octanol–water partition coefficient (Wildman–Crippen LogP) is 4.50. The minimum atomic E-state index is -3.76. The normalized spacial score (nSPS) is 12.9. The summed E-state index contributed by atoms with van der Waals surface area (Å²) in [5.74, 6) is 0.353. The highest BCUT2D eigenvalue weighted by molar-refractivity contribution is 7.89. The average Bonchev–Trinajstić information content (AvgIpc) is 3.28. The van der Waals surface area contributed by atoms with Crippen molar-refractivity contribution in [3.05, 3.63) is 68.0 Å². The molecule has 0 unspecified atom stereocenters. The summed E-state index contributed by atoms with van der Waals surface area (Å²) in [4.78, 5) is 1.11. The van der Waals surface area contributed by atoms with Crippen molar-refractivity contribution in [1.82, 2.24) is 4.72 Å². The van der Waals surface area contributed by atoms with Gasteiger partial charge in [0.05, 0.1) is 13.2 Å². The van der Waals surface area contributed by atoms with Crippen molar-refractivity contribution in [1.29, 1.82) is 0 Å². The second-order valence-corrected chi connectivity index (χ2v) is 9.16. The molecular weight excluding hydrogens is 374 g/mol. The quantitative estimate of drug-likeness (QED) is 0.671. The highest BCUT2D eigenvalue weighted by atomic mass is 32.2. The van der Waals surface area contributed by atoms with E-state index >= 15 is 0 Å². The third-order valence-electron chi connectivity index (χ3n) is 4.05. The number of thiophene rings is 2. The van der Waals surface area contributed by atoms with Gasteiger partial charge in [0, 0.05) is 4.88 Å². The molecule has 0 radical (unpaired) electrons. The molecule has 1 aromatic carbocycles. The van der Waals surface area contributed by atoms with E-state index in [9.17, 15) is 8.42 Å². The molecule has 3 rings (SSSR count). The Labute approximate surface area is 156 Å². The number of aryl methyl sites for hydroxylation is 2. The molecule has 4 nitrogen and oxygen atoms in total. The van der Waals surface area contributed by atoms with E-state index < -0.39 is 16.1 Å². The largest absolute Gasteiger partial charge is 0.495 e. The van der Waals surface area contributed by atoms with Crippen LogP contribution in [0.1, 0.15) is 27.6 Å². The lowest BCUT2D eigenvalue weighted by molar-refractivity contribution is 0.401. The molecule has 0 bridgehead atoms. The summed E-state index contributed by atoms with van der Waals surface area (Å²) < 4.78 is 34.3. The molecule has 0 saturated heterocycles. The van der Waals surface area contributed by atoms with E-state index in [2.05, 4.69) is 4.72 Å². The first-order valence-electron chi connectivity index (χ1n) is 7.65. The first-order valence-corrected chi connectivity index (χ1v) is 11.0. The van der Waals surface area contributed by atoms with E-state index in [1.54, 1.807) is 23.5 Å². The van der Waals surface area contributed by atoms with E-state index in [4.69, 9.17) is 4.74 Å². The molecule has 0 aliphatic heterocycles.